The third-order valence-corrected chi connectivity index (χ3v) is 5.48. The van der Waals surface area contributed by atoms with Crippen molar-refractivity contribution in [3.05, 3.63) is 28.2 Å². The van der Waals surface area contributed by atoms with Crippen LogP contribution in [0.3, 0.4) is 0 Å². The molecule has 0 spiro atoms. The molecule has 0 unspecified atom stereocenters. The molecule has 0 aliphatic heterocycles. The van der Waals surface area contributed by atoms with E-state index < -0.39 is 10.0 Å². The van der Waals surface area contributed by atoms with E-state index in [-0.39, 0.29) is 9.92 Å². The van der Waals surface area contributed by atoms with Crippen molar-refractivity contribution in [2.45, 2.75) is 30.6 Å². The van der Waals surface area contributed by atoms with Gasteiger partial charge in [-0.15, -0.1) is 0 Å². The van der Waals surface area contributed by atoms with E-state index >= 15 is 0 Å². The molecule has 1 aromatic carbocycles. The molecule has 0 radical (unpaired) electrons. The molecule has 1 rings (SSSR count). The third kappa shape index (κ3) is 6.16. The number of benzene rings is 1. The Bertz CT molecular complexity index is 508. The van der Waals surface area contributed by atoms with Gasteiger partial charge in [-0.3, -0.25) is 0 Å². The van der Waals surface area contributed by atoms with Gasteiger partial charge in [0, 0.05) is 11.6 Å². The third-order valence-electron chi connectivity index (χ3n) is 2.54. The van der Waals surface area contributed by atoms with Crippen LogP contribution in [-0.2, 0) is 10.0 Å². The second-order valence-corrected chi connectivity index (χ2v) is 7.73. The van der Waals surface area contributed by atoms with Crippen molar-refractivity contribution in [1.82, 2.24) is 4.72 Å². The topological polar surface area (TPSA) is 46.2 Å². The minimum Gasteiger partial charge on any atom is -0.211 e. The molecule has 0 aromatic heterocycles. The fourth-order valence-corrected chi connectivity index (χ4v) is 3.91. The molecule has 0 saturated carbocycles. The number of rotatable bonds is 8. The number of unbranched alkanes of at least 4 members (excludes halogenated alkanes) is 3. The molecule has 0 amide bonds. The van der Waals surface area contributed by atoms with Gasteiger partial charge in [0.1, 0.15) is 4.90 Å². The molecular formula is C12H16Cl2INO2S. The Hall–Kier alpha value is 0.440. The fourth-order valence-electron chi connectivity index (χ4n) is 1.54. The average molecular weight is 436 g/mol. The maximum Gasteiger partial charge on any atom is 0.242 e. The SMILES string of the molecule is O=S(=O)(NCCCCCCI)c1cc(Cl)ccc1Cl. The zero-order chi connectivity index (χ0) is 14.3. The predicted octanol–water partition coefficient (Wildman–Crippen LogP) is 4.27. The number of halogens is 3. The van der Waals surface area contributed by atoms with E-state index in [1.165, 1.54) is 18.6 Å². The maximum absolute atomic E-state index is 12.0. The van der Waals surface area contributed by atoms with Gasteiger partial charge in [0.05, 0.1) is 5.02 Å². The Morgan fingerprint density at radius 3 is 2.47 bits per heavy atom. The van der Waals surface area contributed by atoms with Gasteiger partial charge in [0.2, 0.25) is 10.0 Å². The Morgan fingerprint density at radius 1 is 1.11 bits per heavy atom. The van der Waals surface area contributed by atoms with Crippen LogP contribution < -0.4 is 4.72 Å². The van der Waals surface area contributed by atoms with Crippen LogP contribution in [0.15, 0.2) is 23.1 Å². The van der Waals surface area contributed by atoms with Gasteiger partial charge >= 0.3 is 0 Å². The Labute approximate surface area is 138 Å². The van der Waals surface area contributed by atoms with Crippen molar-refractivity contribution in [1.29, 1.82) is 0 Å². The summed E-state index contributed by atoms with van der Waals surface area (Å²) in [6.07, 6.45) is 4.15. The summed E-state index contributed by atoms with van der Waals surface area (Å²) in [5.41, 5.74) is 0. The highest BCUT2D eigenvalue weighted by Crippen LogP contribution is 2.24. The van der Waals surface area contributed by atoms with Crippen molar-refractivity contribution in [2.24, 2.45) is 0 Å². The standard InChI is InChI=1S/C12H16Cl2INO2S/c13-10-5-6-11(14)12(9-10)19(17,18)16-8-4-2-1-3-7-15/h5-6,9,16H,1-4,7-8H2. The molecule has 0 fully saturated rings. The van der Waals surface area contributed by atoms with Crippen LogP contribution in [0, 0.1) is 0 Å². The Balaban J connectivity index is 2.54. The molecule has 19 heavy (non-hydrogen) atoms. The van der Waals surface area contributed by atoms with Gasteiger partial charge in [0.25, 0.3) is 0 Å². The summed E-state index contributed by atoms with van der Waals surface area (Å²) in [4.78, 5) is 0.0360. The van der Waals surface area contributed by atoms with Gasteiger partial charge in [0.15, 0.2) is 0 Å². The van der Waals surface area contributed by atoms with Crippen LogP contribution in [0.25, 0.3) is 0 Å². The van der Waals surface area contributed by atoms with Gasteiger partial charge < -0.3 is 0 Å². The van der Waals surface area contributed by atoms with Crippen LogP contribution in [0.2, 0.25) is 10.0 Å². The summed E-state index contributed by atoms with van der Waals surface area (Å²) >= 11 is 14.0. The van der Waals surface area contributed by atoms with Crippen molar-refractivity contribution in [2.75, 3.05) is 11.0 Å². The van der Waals surface area contributed by atoms with Crippen LogP contribution in [-0.4, -0.2) is 19.4 Å². The Morgan fingerprint density at radius 2 is 1.79 bits per heavy atom. The summed E-state index contributed by atoms with van der Waals surface area (Å²) in [7, 11) is -3.57. The normalized spacial score (nSPS) is 11.7. The van der Waals surface area contributed by atoms with Crippen LogP contribution in [0.1, 0.15) is 25.7 Å². The molecule has 0 aliphatic rings. The molecule has 1 aromatic rings. The summed E-state index contributed by atoms with van der Waals surface area (Å²) in [5, 5.41) is 0.536. The summed E-state index contributed by atoms with van der Waals surface area (Å²) < 4.78 is 27.8. The lowest BCUT2D eigenvalue weighted by atomic mass is 10.2. The molecule has 0 saturated heterocycles. The summed E-state index contributed by atoms with van der Waals surface area (Å²) in [6, 6.07) is 4.41. The first-order valence-electron chi connectivity index (χ1n) is 5.98. The molecule has 0 atom stereocenters. The van der Waals surface area contributed by atoms with Crippen molar-refractivity contribution < 1.29 is 8.42 Å². The minimum absolute atomic E-state index is 0.0360. The molecule has 7 heteroatoms. The van der Waals surface area contributed by atoms with Crippen LogP contribution in [0.5, 0.6) is 0 Å². The predicted molar refractivity (Wildman–Crippen MR) is 89.0 cm³/mol. The highest BCUT2D eigenvalue weighted by Gasteiger charge is 2.17. The van der Waals surface area contributed by atoms with Gasteiger partial charge in [-0.25, -0.2) is 13.1 Å². The molecule has 108 valence electrons. The first kappa shape index (κ1) is 17.5. The lowest BCUT2D eigenvalue weighted by Crippen LogP contribution is -2.25. The smallest absolute Gasteiger partial charge is 0.211 e. The molecule has 0 heterocycles. The van der Waals surface area contributed by atoms with E-state index in [2.05, 4.69) is 27.3 Å². The summed E-state index contributed by atoms with van der Waals surface area (Å²) in [6.45, 7) is 0.423. The summed E-state index contributed by atoms with van der Waals surface area (Å²) in [5.74, 6) is 0. The zero-order valence-corrected chi connectivity index (χ0v) is 14.8. The molecule has 3 nitrogen and oxygen atoms in total. The number of hydrogen-bond donors (Lipinski definition) is 1. The van der Waals surface area contributed by atoms with Crippen molar-refractivity contribution >= 4 is 55.8 Å². The number of hydrogen-bond acceptors (Lipinski definition) is 2. The van der Waals surface area contributed by atoms with Gasteiger partial charge in [-0.2, -0.15) is 0 Å². The van der Waals surface area contributed by atoms with Gasteiger partial charge in [-0.05, 0) is 35.5 Å². The largest absolute Gasteiger partial charge is 0.242 e. The number of nitrogens with one attached hydrogen (secondary N) is 1. The fraction of sp³-hybridized carbons (Fsp3) is 0.500. The maximum atomic E-state index is 12.0. The molecule has 1 N–H and O–H groups in total. The first-order chi connectivity index (χ1) is 8.97. The molecule has 0 bridgehead atoms. The van der Waals surface area contributed by atoms with Crippen LogP contribution in [0.4, 0.5) is 0 Å². The van der Waals surface area contributed by atoms with Gasteiger partial charge in [-0.1, -0.05) is 58.6 Å². The van der Waals surface area contributed by atoms with E-state index in [9.17, 15) is 8.42 Å². The second-order valence-electron chi connectivity index (χ2n) is 4.08. The lowest BCUT2D eigenvalue weighted by Gasteiger charge is -2.08. The highest BCUT2D eigenvalue weighted by molar-refractivity contribution is 14.1. The van der Waals surface area contributed by atoms with E-state index in [0.29, 0.717) is 11.6 Å². The number of sulfonamides is 1. The second kappa shape index (κ2) is 8.67. The minimum atomic E-state index is -3.57. The highest BCUT2D eigenvalue weighted by atomic mass is 127. The van der Waals surface area contributed by atoms with Crippen LogP contribution >= 0.6 is 45.8 Å². The number of alkyl halides is 1. The van der Waals surface area contributed by atoms with E-state index in [1.54, 1.807) is 6.07 Å². The zero-order valence-electron chi connectivity index (χ0n) is 10.3. The van der Waals surface area contributed by atoms with E-state index in [0.717, 1.165) is 23.7 Å². The molecular weight excluding hydrogens is 420 g/mol. The molecule has 0 aliphatic carbocycles. The lowest BCUT2D eigenvalue weighted by molar-refractivity contribution is 0.574. The Kier molecular flexibility index (Phi) is 7.98. The monoisotopic (exact) mass is 435 g/mol. The first-order valence-corrected chi connectivity index (χ1v) is 9.74. The van der Waals surface area contributed by atoms with E-state index in [4.69, 9.17) is 23.2 Å². The van der Waals surface area contributed by atoms with E-state index in [1.807, 2.05) is 0 Å². The van der Waals surface area contributed by atoms with Crippen molar-refractivity contribution in [3.8, 4) is 0 Å². The quantitative estimate of drug-likeness (QED) is 0.376. The average Bonchev–Trinajstić information content (AvgIpc) is 2.36. The van der Waals surface area contributed by atoms with Crippen molar-refractivity contribution in [3.63, 3.8) is 0 Å².